The lowest BCUT2D eigenvalue weighted by atomic mass is 9.96. The zero-order valence-corrected chi connectivity index (χ0v) is 17.8. The number of fused-ring (bicyclic) bond motifs is 3. The van der Waals surface area contributed by atoms with Crippen LogP contribution < -0.4 is 4.74 Å². The van der Waals surface area contributed by atoms with Gasteiger partial charge in [-0.2, -0.15) is 5.10 Å². The predicted molar refractivity (Wildman–Crippen MR) is 119 cm³/mol. The molecule has 2 atom stereocenters. The van der Waals surface area contributed by atoms with Crippen molar-refractivity contribution in [1.29, 1.82) is 0 Å². The van der Waals surface area contributed by atoms with Crippen molar-refractivity contribution < 1.29 is 9.53 Å². The zero-order chi connectivity index (χ0) is 20.8. The molecule has 4 nitrogen and oxygen atoms in total. The van der Waals surface area contributed by atoms with Gasteiger partial charge in [0, 0.05) is 32.6 Å². The Hall–Kier alpha value is -2.53. The van der Waals surface area contributed by atoms with E-state index in [1.54, 1.807) is 41.4 Å². The Kier molecular flexibility index (Phi) is 4.94. The summed E-state index contributed by atoms with van der Waals surface area (Å²) in [6, 6.07) is 19.6. The van der Waals surface area contributed by atoms with E-state index in [4.69, 9.17) is 44.6 Å². The molecule has 3 aromatic carbocycles. The first-order chi connectivity index (χ1) is 14.5. The zero-order valence-electron chi connectivity index (χ0n) is 15.6. The first-order valence-electron chi connectivity index (χ1n) is 9.37. The molecule has 5 rings (SSSR count). The third-order valence-electron chi connectivity index (χ3n) is 5.28. The fraction of sp³-hybridized carbons (Fsp3) is 0.130. The highest BCUT2D eigenvalue weighted by Gasteiger charge is 2.43. The fourth-order valence-electron chi connectivity index (χ4n) is 3.80. The second kappa shape index (κ2) is 7.62. The number of hydrogen-bond donors (Lipinski definition) is 0. The summed E-state index contributed by atoms with van der Waals surface area (Å²) in [6.45, 7) is 0. The maximum atomic E-state index is 13.3. The van der Waals surface area contributed by atoms with Gasteiger partial charge in [0.15, 0.2) is 0 Å². The molecule has 0 amide bonds. The van der Waals surface area contributed by atoms with Crippen LogP contribution in [0.2, 0.25) is 15.1 Å². The topological polar surface area (TPSA) is 41.9 Å². The van der Waals surface area contributed by atoms with E-state index in [0.717, 1.165) is 16.8 Å². The summed E-state index contributed by atoms with van der Waals surface area (Å²) in [5.41, 5.74) is 3.24. The van der Waals surface area contributed by atoms with Crippen LogP contribution in [0.5, 0.6) is 5.75 Å². The Balaban J connectivity index is 1.57. The average molecular weight is 458 g/mol. The molecule has 0 fully saturated rings. The Bertz CT molecular complexity index is 1160. The highest BCUT2D eigenvalue weighted by Crippen LogP contribution is 2.44. The average Bonchev–Trinajstić information content (AvgIpc) is 3.19. The number of nitrogens with zero attached hydrogens (tertiary/aromatic N) is 2. The lowest BCUT2D eigenvalue weighted by Crippen LogP contribution is -2.45. The summed E-state index contributed by atoms with van der Waals surface area (Å²) in [6.07, 6.45) is -0.252. The van der Waals surface area contributed by atoms with E-state index in [2.05, 4.69) is 0 Å². The molecule has 0 aromatic heterocycles. The van der Waals surface area contributed by atoms with Gasteiger partial charge in [-0.25, -0.2) is 5.01 Å². The molecule has 3 aromatic rings. The lowest BCUT2D eigenvalue weighted by Gasteiger charge is -2.37. The third kappa shape index (κ3) is 3.45. The van der Waals surface area contributed by atoms with E-state index < -0.39 is 6.23 Å². The van der Waals surface area contributed by atoms with Gasteiger partial charge in [-0.3, -0.25) is 4.79 Å². The smallest absolute Gasteiger partial charge is 0.251 e. The van der Waals surface area contributed by atoms with Crippen molar-refractivity contribution in [3.8, 4) is 5.75 Å². The maximum Gasteiger partial charge on any atom is 0.251 e. The van der Waals surface area contributed by atoms with Crippen LogP contribution in [0.3, 0.4) is 0 Å². The van der Waals surface area contributed by atoms with Gasteiger partial charge in [-0.1, -0.05) is 46.9 Å². The second-order valence-corrected chi connectivity index (χ2v) is 8.49. The van der Waals surface area contributed by atoms with Gasteiger partial charge < -0.3 is 4.74 Å². The van der Waals surface area contributed by atoms with Gasteiger partial charge in [0.05, 0.1) is 11.8 Å². The molecular formula is C23H15Cl3N2O2. The molecular weight excluding hydrogens is 443 g/mol. The van der Waals surface area contributed by atoms with Crippen molar-refractivity contribution in [2.24, 2.45) is 5.10 Å². The molecule has 150 valence electrons. The number of rotatable bonds is 3. The van der Waals surface area contributed by atoms with Crippen LogP contribution >= 0.6 is 34.8 Å². The van der Waals surface area contributed by atoms with Crippen molar-refractivity contribution in [3.63, 3.8) is 0 Å². The van der Waals surface area contributed by atoms with Crippen LogP contribution in [0.1, 0.15) is 33.9 Å². The molecule has 30 heavy (non-hydrogen) atoms. The Morgan fingerprint density at radius 1 is 0.900 bits per heavy atom. The molecule has 0 saturated carbocycles. The molecule has 7 heteroatoms. The van der Waals surface area contributed by atoms with Gasteiger partial charge in [-0.15, -0.1) is 0 Å². The SMILES string of the molecule is O=C(c1ccc(Cl)cc1)[C@H]1Oc2ccc(Cl)cc2[C@@H]2CC(c3ccc(Cl)cc3)=NN12. The van der Waals surface area contributed by atoms with Crippen LogP contribution in [0.15, 0.2) is 71.8 Å². The minimum absolute atomic E-state index is 0.153. The van der Waals surface area contributed by atoms with Crippen molar-refractivity contribution in [1.82, 2.24) is 5.01 Å². The molecule has 0 bridgehead atoms. The van der Waals surface area contributed by atoms with E-state index in [-0.39, 0.29) is 11.8 Å². The van der Waals surface area contributed by atoms with E-state index in [0.29, 0.717) is 32.8 Å². The number of benzene rings is 3. The minimum atomic E-state index is -0.880. The predicted octanol–water partition coefficient (Wildman–Crippen LogP) is 6.40. The maximum absolute atomic E-state index is 13.3. The first kappa shape index (κ1) is 19.4. The molecule has 0 aliphatic carbocycles. The number of hydrazone groups is 1. The molecule has 0 N–H and O–H groups in total. The lowest BCUT2D eigenvalue weighted by molar-refractivity contribution is -0.00455. The number of ketones is 1. The quantitative estimate of drug-likeness (QED) is 0.427. The number of carbonyl (C=O) groups is 1. The molecule has 0 spiro atoms. The van der Waals surface area contributed by atoms with Crippen molar-refractivity contribution in [2.75, 3.05) is 0 Å². The van der Waals surface area contributed by atoms with Gasteiger partial charge in [0.2, 0.25) is 5.78 Å². The summed E-state index contributed by atoms with van der Waals surface area (Å²) in [7, 11) is 0. The number of ether oxygens (including phenoxy) is 1. The monoisotopic (exact) mass is 456 g/mol. The summed E-state index contributed by atoms with van der Waals surface area (Å²) < 4.78 is 6.11. The Morgan fingerprint density at radius 2 is 1.53 bits per heavy atom. The van der Waals surface area contributed by atoms with Gasteiger partial charge in [0.1, 0.15) is 5.75 Å². The van der Waals surface area contributed by atoms with Crippen LogP contribution in [-0.2, 0) is 0 Å². The molecule has 0 unspecified atom stereocenters. The van der Waals surface area contributed by atoms with E-state index >= 15 is 0 Å². The molecule has 2 aliphatic rings. The van der Waals surface area contributed by atoms with Crippen LogP contribution in [0.4, 0.5) is 0 Å². The number of Topliss-reactive ketones (excluding diaryl/α,β-unsaturated/α-hetero) is 1. The number of hydrogen-bond acceptors (Lipinski definition) is 4. The largest absolute Gasteiger partial charge is 0.461 e. The standard InChI is InChI=1S/C23H15Cl3N2O2/c24-15-5-1-13(2-6-15)19-12-20-18-11-17(26)9-10-21(18)30-23(28(20)27-19)22(29)14-3-7-16(25)8-4-14/h1-11,20,23H,12H2/t20-,23+/m0/s1. The third-order valence-corrected chi connectivity index (χ3v) is 6.02. The van der Waals surface area contributed by atoms with Crippen molar-refractivity contribution >= 4 is 46.3 Å². The summed E-state index contributed by atoms with van der Waals surface area (Å²) in [4.78, 5) is 13.3. The fourth-order valence-corrected chi connectivity index (χ4v) is 4.24. The molecule has 2 heterocycles. The van der Waals surface area contributed by atoms with Crippen molar-refractivity contribution in [2.45, 2.75) is 18.7 Å². The second-order valence-electron chi connectivity index (χ2n) is 7.18. The van der Waals surface area contributed by atoms with Gasteiger partial charge in [-0.05, 0) is 60.2 Å². The summed E-state index contributed by atoms with van der Waals surface area (Å²) >= 11 is 18.2. The minimum Gasteiger partial charge on any atom is -0.461 e. The molecule has 2 aliphatic heterocycles. The first-order valence-corrected chi connectivity index (χ1v) is 10.5. The van der Waals surface area contributed by atoms with Crippen LogP contribution in [0.25, 0.3) is 0 Å². The highest BCUT2D eigenvalue weighted by atomic mass is 35.5. The normalized spacial score (nSPS) is 19.6. The summed E-state index contributed by atoms with van der Waals surface area (Å²) in [5.74, 6) is 0.457. The van der Waals surface area contributed by atoms with Crippen LogP contribution in [-0.4, -0.2) is 22.7 Å². The van der Waals surface area contributed by atoms with Gasteiger partial charge >= 0.3 is 0 Å². The van der Waals surface area contributed by atoms with E-state index in [1.807, 2.05) is 30.3 Å². The van der Waals surface area contributed by atoms with Crippen LogP contribution in [0, 0.1) is 0 Å². The number of carbonyl (C=O) groups excluding carboxylic acids is 1. The van der Waals surface area contributed by atoms with E-state index in [1.165, 1.54) is 0 Å². The highest BCUT2D eigenvalue weighted by molar-refractivity contribution is 6.31. The summed E-state index contributed by atoms with van der Waals surface area (Å²) in [5, 5.41) is 8.35. The Morgan fingerprint density at radius 3 is 2.23 bits per heavy atom. The molecule has 0 saturated heterocycles. The molecule has 0 radical (unpaired) electrons. The van der Waals surface area contributed by atoms with Gasteiger partial charge in [0.25, 0.3) is 6.23 Å². The van der Waals surface area contributed by atoms with Crippen molar-refractivity contribution in [3.05, 3.63) is 98.5 Å². The number of halogens is 3. The van der Waals surface area contributed by atoms with E-state index in [9.17, 15) is 4.79 Å². The Labute approximate surface area is 188 Å².